The molecule has 0 unspecified atom stereocenters. The van der Waals surface area contributed by atoms with E-state index in [1.54, 1.807) is 12.1 Å². The quantitative estimate of drug-likeness (QED) is 0.567. The molecule has 0 aliphatic heterocycles. The van der Waals surface area contributed by atoms with Crippen molar-refractivity contribution in [2.75, 3.05) is 0 Å². The van der Waals surface area contributed by atoms with E-state index in [0.717, 1.165) is 0 Å². The standard InChI is InChI=1S/C9H8F3N3/c1-6(7-4-2-3-5-14-7)15-8(13)9(10,11)12/h2-5,13H,1H3/b13-8?,15-6+. The Kier molecular flexibility index (Phi) is 3.18. The topological polar surface area (TPSA) is 49.1 Å². The van der Waals surface area contributed by atoms with Crippen molar-refractivity contribution in [1.29, 1.82) is 5.41 Å². The molecule has 0 aromatic carbocycles. The number of hydrogen-bond donors (Lipinski definition) is 1. The number of alkyl halides is 3. The SMILES string of the molecule is C/C(=N\C(=N)C(F)(F)F)c1ccccn1. The van der Waals surface area contributed by atoms with E-state index >= 15 is 0 Å². The van der Waals surface area contributed by atoms with Gasteiger partial charge in [0.1, 0.15) is 0 Å². The lowest BCUT2D eigenvalue weighted by Gasteiger charge is -2.04. The number of amidine groups is 1. The van der Waals surface area contributed by atoms with Crippen molar-refractivity contribution < 1.29 is 13.2 Å². The van der Waals surface area contributed by atoms with Crippen molar-refractivity contribution in [3.05, 3.63) is 30.1 Å². The van der Waals surface area contributed by atoms with E-state index in [4.69, 9.17) is 5.41 Å². The van der Waals surface area contributed by atoms with Crippen LogP contribution in [-0.2, 0) is 0 Å². The average Bonchev–Trinajstić information content (AvgIpc) is 2.17. The van der Waals surface area contributed by atoms with Crippen molar-refractivity contribution in [1.82, 2.24) is 4.98 Å². The fourth-order valence-electron chi connectivity index (χ4n) is 0.865. The van der Waals surface area contributed by atoms with E-state index in [0.29, 0.717) is 5.69 Å². The van der Waals surface area contributed by atoms with Crippen LogP contribution in [0.3, 0.4) is 0 Å². The second kappa shape index (κ2) is 4.20. The Morgan fingerprint density at radius 2 is 2.07 bits per heavy atom. The third-order valence-corrected chi connectivity index (χ3v) is 1.58. The van der Waals surface area contributed by atoms with Gasteiger partial charge in [0.05, 0.1) is 11.4 Å². The van der Waals surface area contributed by atoms with Crippen LogP contribution in [-0.4, -0.2) is 22.7 Å². The number of pyridine rings is 1. The molecule has 0 radical (unpaired) electrons. The van der Waals surface area contributed by atoms with Crippen LogP contribution >= 0.6 is 0 Å². The summed E-state index contributed by atoms with van der Waals surface area (Å²) in [5.74, 6) is -1.62. The van der Waals surface area contributed by atoms with Gasteiger partial charge in [-0.05, 0) is 19.1 Å². The fourth-order valence-corrected chi connectivity index (χ4v) is 0.865. The zero-order chi connectivity index (χ0) is 11.5. The predicted octanol–water partition coefficient (Wildman–Crippen LogP) is 2.43. The second-order valence-electron chi connectivity index (χ2n) is 2.76. The molecule has 0 fully saturated rings. The van der Waals surface area contributed by atoms with Gasteiger partial charge in [0.15, 0.2) is 0 Å². The summed E-state index contributed by atoms with van der Waals surface area (Å²) >= 11 is 0. The first kappa shape index (κ1) is 11.4. The molecule has 6 heteroatoms. The van der Waals surface area contributed by atoms with Crippen LogP contribution in [0.5, 0.6) is 0 Å². The molecule has 1 N–H and O–H groups in total. The maximum Gasteiger partial charge on any atom is 0.450 e. The van der Waals surface area contributed by atoms with Crippen LogP contribution in [0.4, 0.5) is 13.2 Å². The molecular weight excluding hydrogens is 207 g/mol. The minimum absolute atomic E-state index is 0.0675. The first-order valence-corrected chi connectivity index (χ1v) is 4.03. The lowest BCUT2D eigenvalue weighted by atomic mass is 10.2. The molecule has 80 valence electrons. The Morgan fingerprint density at radius 3 is 2.53 bits per heavy atom. The van der Waals surface area contributed by atoms with Crippen LogP contribution in [0, 0.1) is 5.41 Å². The van der Waals surface area contributed by atoms with E-state index in [1.165, 1.54) is 19.2 Å². The van der Waals surface area contributed by atoms with E-state index in [9.17, 15) is 13.2 Å². The predicted molar refractivity (Wildman–Crippen MR) is 50.2 cm³/mol. The minimum Gasteiger partial charge on any atom is -0.279 e. The lowest BCUT2D eigenvalue weighted by molar-refractivity contribution is -0.0604. The van der Waals surface area contributed by atoms with E-state index in [1.807, 2.05) is 0 Å². The Labute approximate surface area is 84.2 Å². The molecule has 0 saturated carbocycles. The number of rotatable bonds is 1. The van der Waals surface area contributed by atoms with Gasteiger partial charge in [0.25, 0.3) is 0 Å². The molecule has 0 saturated heterocycles. The molecule has 0 aliphatic carbocycles. The van der Waals surface area contributed by atoms with Crippen LogP contribution in [0.2, 0.25) is 0 Å². The average molecular weight is 215 g/mol. The molecule has 0 amide bonds. The summed E-state index contributed by atoms with van der Waals surface area (Å²) in [6.45, 7) is 1.38. The smallest absolute Gasteiger partial charge is 0.279 e. The van der Waals surface area contributed by atoms with Crippen molar-refractivity contribution in [3.63, 3.8) is 0 Å². The highest BCUT2D eigenvalue weighted by molar-refractivity contribution is 6.05. The highest BCUT2D eigenvalue weighted by Crippen LogP contribution is 2.17. The van der Waals surface area contributed by atoms with Crippen molar-refractivity contribution in [2.24, 2.45) is 4.99 Å². The summed E-state index contributed by atoms with van der Waals surface area (Å²) < 4.78 is 35.9. The molecule has 0 bridgehead atoms. The number of nitrogens with zero attached hydrogens (tertiary/aromatic N) is 2. The van der Waals surface area contributed by atoms with Crippen LogP contribution < -0.4 is 0 Å². The van der Waals surface area contributed by atoms with Gasteiger partial charge < -0.3 is 0 Å². The summed E-state index contributed by atoms with van der Waals surface area (Å²) in [7, 11) is 0. The summed E-state index contributed by atoms with van der Waals surface area (Å²) in [6.07, 6.45) is -3.26. The minimum atomic E-state index is -4.71. The van der Waals surface area contributed by atoms with Crippen LogP contribution in [0.1, 0.15) is 12.6 Å². The van der Waals surface area contributed by atoms with Gasteiger partial charge in [-0.2, -0.15) is 13.2 Å². The van der Waals surface area contributed by atoms with E-state index in [-0.39, 0.29) is 5.71 Å². The molecule has 1 aromatic rings. The van der Waals surface area contributed by atoms with E-state index < -0.39 is 12.0 Å². The number of nitrogens with one attached hydrogen (secondary N) is 1. The third kappa shape index (κ3) is 3.16. The molecular formula is C9H8F3N3. The van der Waals surface area contributed by atoms with Crippen LogP contribution in [0.25, 0.3) is 0 Å². The Morgan fingerprint density at radius 1 is 1.40 bits per heavy atom. The first-order valence-electron chi connectivity index (χ1n) is 4.03. The van der Waals surface area contributed by atoms with Gasteiger partial charge >= 0.3 is 6.18 Å². The molecule has 1 rings (SSSR count). The zero-order valence-corrected chi connectivity index (χ0v) is 7.84. The monoisotopic (exact) mass is 215 g/mol. The van der Waals surface area contributed by atoms with Crippen LogP contribution in [0.15, 0.2) is 29.4 Å². The number of halogens is 3. The third-order valence-electron chi connectivity index (χ3n) is 1.58. The molecule has 0 spiro atoms. The highest BCUT2D eigenvalue weighted by atomic mass is 19.4. The van der Waals surface area contributed by atoms with Crippen molar-refractivity contribution >= 4 is 11.5 Å². The Balaban J connectivity index is 2.91. The van der Waals surface area contributed by atoms with Gasteiger partial charge in [-0.25, -0.2) is 4.99 Å². The highest BCUT2D eigenvalue weighted by Gasteiger charge is 2.34. The van der Waals surface area contributed by atoms with Gasteiger partial charge in [-0.15, -0.1) is 0 Å². The summed E-state index contributed by atoms with van der Waals surface area (Å²) in [5, 5.41) is 6.68. The molecule has 15 heavy (non-hydrogen) atoms. The normalized spacial score (nSPS) is 12.7. The number of aromatic nitrogens is 1. The van der Waals surface area contributed by atoms with E-state index in [2.05, 4.69) is 9.98 Å². The van der Waals surface area contributed by atoms with Gasteiger partial charge in [0.2, 0.25) is 5.84 Å². The summed E-state index contributed by atoms with van der Waals surface area (Å²) in [5.41, 5.74) is 0.393. The second-order valence-corrected chi connectivity index (χ2v) is 2.76. The maximum atomic E-state index is 12.0. The number of aliphatic imine (C=N–C) groups is 1. The maximum absolute atomic E-state index is 12.0. The molecule has 0 atom stereocenters. The molecule has 1 aromatic heterocycles. The molecule has 3 nitrogen and oxygen atoms in total. The van der Waals surface area contributed by atoms with Gasteiger partial charge in [-0.3, -0.25) is 10.4 Å². The Hall–Kier alpha value is -1.72. The molecule has 1 heterocycles. The summed E-state index contributed by atoms with van der Waals surface area (Å²) in [6, 6.07) is 4.81. The van der Waals surface area contributed by atoms with Gasteiger partial charge in [0, 0.05) is 6.20 Å². The number of hydrogen-bond acceptors (Lipinski definition) is 2. The zero-order valence-electron chi connectivity index (χ0n) is 7.84. The van der Waals surface area contributed by atoms with Crippen molar-refractivity contribution in [2.45, 2.75) is 13.1 Å². The van der Waals surface area contributed by atoms with Crippen molar-refractivity contribution in [3.8, 4) is 0 Å². The lowest BCUT2D eigenvalue weighted by Crippen LogP contribution is -2.21. The largest absolute Gasteiger partial charge is 0.450 e. The summed E-state index contributed by atoms with van der Waals surface area (Å²) in [4.78, 5) is 6.95. The Bertz CT molecular complexity index is 381. The molecule has 0 aliphatic rings. The van der Waals surface area contributed by atoms with Gasteiger partial charge in [-0.1, -0.05) is 6.07 Å². The first-order chi connectivity index (χ1) is 6.91. The fraction of sp³-hybridized carbons (Fsp3) is 0.222.